The van der Waals surface area contributed by atoms with Crippen LogP contribution in [0.1, 0.15) is 11.3 Å². The van der Waals surface area contributed by atoms with Crippen LogP contribution < -0.4 is 5.73 Å². The van der Waals surface area contributed by atoms with E-state index in [4.69, 9.17) is 17.3 Å². The molecule has 0 spiro atoms. The van der Waals surface area contributed by atoms with E-state index in [0.29, 0.717) is 5.69 Å². The Morgan fingerprint density at radius 2 is 1.88 bits per heavy atom. The molecule has 3 nitrogen and oxygen atoms in total. The van der Waals surface area contributed by atoms with Gasteiger partial charge in [0, 0.05) is 5.56 Å². The summed E-state index contributed by atoms with van der Waals surface area (Å²) >= 11 is 5.63. The van der Waals surface area contributed by atoms with Gasteiger partial charge in [0.15, 0.2) is 11.5 Å². The van der Waals surface area contributed by atoms with E-state index in [-0.39, 0.29) is 11.0 Å². The fourth-order valence-electron chi connectivity index (χ4n) is 1.13. The molecule has 0 fully saturated rings. The monoisotopic (exact) mass is 229 g/mol. The predicted molar refractivity (Wildman–Crippen MR) is 63.9 cm³/mol. The normalized spacial score (nSPS) is 9.31. The molecule has 0 bridgehead atoms. The van der Waals surface area contributed by atoms with Crippen molar-refractivity contribution in [3.8, 4) is 11.8 Å². The fraction of sp³-hybridized carbons (Fsp3) is 0. The zero-order valence-corrected chi connectivity index (χ0v) is 9.07. The SMILES string of the molecule is Nc1nc(Cl)cnc1C#Cc1ccccc1. The molecule has 2 aromatic rings. The fourth-order valence-corrected chi connectivity index (χ4v) is 1.27. The lowest BCUT2D eigenvalue weighted by atomic mass is 10.2. The highest BCUT2D eigenvalue weighted by atomic mass is 35.5. The maximum absolute atomic E-state index is 5.63. The van der Waals surface area contributed by atoms with E-state index < -0.39 is 0 Å². The van der Waals surface area contributed by atoms with E-state index >= 15 is 0 Å². The Kier molecular flexibility index (Phi) is 3.04. The van der Waals surface area contributed by atoms with Gasteiger partial charge in [-0.2, -0.15) is 0 Å². The van der Waals surface area contributed by atoms with Gasteiger partial charge >= 0.3 is 0 Å². The number of hydrogen-bond donors (Lipinski definition) is 1. The summed E-state index contributed by atoms with van der Waals surface area (Å²) in [5, 5.41) is 0.266. The van der Waals surface area contributed by atoms with Gasteiger partial charge in [-0.15, -0.1) is 0 Å². The largest absolute Gasteiger partial charge is 0.381 e. The van der Waals surface area contributed by atoms with E-state index in [1.807, 2.05) is 30.3 Å². The van der Waals surface area contributed by atoms with Crippen LogP contribution in [0.2, 0.25) is 5.15 Å². The van der Waals surface area contributed by atoms with Crippen molar-refractivity contribution in [2.45, 2.75) is 0 Å². The smallest absolute Gasteiger partial charge is 0.159 e. The third kappa shape index (κ3) is 2.50. The van der Waals surface area contributed by atoms with Gasteiger partial charge in [0.2, 0.25) is 0 Å². The van der Waals surface area contributed by atoms with Gasteiger partial charge in [0.1, 0.15) is 5.15 Å². The molecule has 0 saturated carbocycles. The van der Waals surface area contributed by atoms with Gasteiger partial charge in [-0.3, -0.25) is 0 Å². The molecule has 0 aliphatic carbocycles. The lowest BCUT2D eigenvalue weighted by Crippen LogP contribution is -1.97. The van der Waals surface area contributed by atoms with Gasteiger partial charge in [0.25, 0.3) is 0 Å². The zero-order valence-electron chi connectivity index (χ0n) is 8.31. The summed E-state index contributed by atoms with van der Waals surface area (Å²) in [4.78, 5) is 7.86. The summed E-state index contributed by atoms with van der Waals surface area (Å²) in [7, 11) is 0. The molecule has 78 valence electrons. The molecule has 1 aromatic carbocycles. The third-order valence-electron chi connectivity index (χ3n) is 1.87. The number of rotatable bonds is 0. The molecule has 16 heavy (non-hydrogen) atoms. The van der Waals surface area contributed by atoms with Crippen molar-refractivity contribution in [1.82, 2.24) is 9.97 Å². The van der Waals surface area contributed by atoms with Crippen LogP contribution in [-0.4, -0.2) is 9.97 Å². The van der Waals surface area contributed by atoms with Crippen LogP contribution in [0.25, 0.3) is 0 Å². The quantitative estimate of drug-likeness (QED) is 0.704. The molecule has 0 unspecified atom stereocenters. The van der Waals surface area contributed by atoms with Gasteiger partial charge in [-0.25, -0.2) is 9.97 Å². The molecule has 2 N–H and O–H groups in total. The first-order valence-corrected chi connectivity index (χ1v) is 4.98. The van der Waals surface area contributed by atoms with Gasteiger partial charge in [0.05, 0.1) is 6.20 Å². The number of nitrogens with two attached hydrogens (primary N) is 1. The Labute approximate surface area is 98.3 Å². The number of nitrogen functional groups attached to an aromatic ring is 1. The number of nitrogens with zero attached hydrogens (tertiary/aromatic N) is 2. The van der Waals surface area contributed by atoms with Crippen molar-refractivity contribution < 1.29 is 0 Å². The maximum Gasteiger partial charge on any atom is 0.159 e. The van der Waals surface area contributed by atoms with Crippen molar-refractivity contribution in [2.75, 3.05) is 5.73 Å². The van der Waals surface area contributed by atoms with Crippen molar-refractivity contribution >= 4 is 17.4 Å². The first-order chi connectivity index (χ1) is 7.75. The van der Waals surface area contributed by atoms with E-state index in [2.05, 4.69) is 21.8 Å². The molecule has 0 aliphatic rings. The van der Waals surface area contributed by atoms with Gasteiger partial charge in [-0.05, 0) is 18.1 Å². The van der Waals surface area contributed by atoms with E-state index in [0.717, 1.165) is 5.56 Å². The van der Waals surface area contributed by atoms with Crippen LogP contribution in [0.15, 0.2) is 36.5 Å². The number of halogens is 1. The molecule has 0 saturated heterocycles. The molecule has 1 aromatic heterocycles. The number of aromatic nitrogens is 2. The molecule has 0 atom stereocenters. The molecule has 4 heteroatoms. The summed E-state index contributed by atoms with van der Waals surface area (Å²) in [5.74, 6) is 6.04. The second-order valence-electron chi connectivity index (χ2n) is 3.04. The minimum atomic E-state index is 0.246. The summed E-state index contributed by atoms with van der Waals surface area (Å²) in [6.07, 6.45) is 1.42. The Hall–Kier alpha value is -2.05. The highest BCUT2D eigenvalue weighted by Crippen LogP contribution is 2.08. The summed E-state index contributed by atoms with van der Waals surface area (Å²) in [6, 6.07) is 9.59. The maximum atomic E-state index is 5.63. The lowest BCUT2D eigenvalue weighted by Gasteiger charge is -1.95. The zero-order chi connectivity index (χ0) is 11.4. The lowest BCUT2D eigenvalue weighted by molar-refractivity contribution is 1.19. The predicted octanol–water partition coefficient (Wildman–Crippen LogP) is 2.11. The second kappa shape index (κ2) is 4.65. The first-order valence-electron chi connectivity index (χ1n) is 4.61. The molecule has 2 rings (SSSR count). The van der Waals surface area contributed by atoms with E-state index in [9.17, 15) is 0 Å². The number of benzene rings is 1. The Morgan fingerprint density at radius 1 is 1.12 bits per heavy atom. The van der Waals surface area contributed by atoms with Crippen molar-refractivity contribution in [3.05, 3.63) is 52.9 Å². The summed E-state index contributed by atoms with van der Waals surface area (Å²) in [5.41, 5.74) is 6.96. The van der Waals surface area contributed by atoms with Crippen LogP contribution in [-0.2, 0) is 0 Å². The minimum absolute atomic E-state index is 0.246. The molecular weight excluding hydrogens is 222 g/mol. The second-order valence-corrected chi connectivity index (χ2v) is 3.43. The summed E-state index contributed by atoms with van der Waals surface area (Å²) < 4.78 is 0. The molecule has 0 amide bonds. The highest BCUT2D eigenvalue weighted by molar-refractivity contribution is 6.29. The van der Waals surface area contributed by atoms with Gasteiger partial charge < -0.3 is 5.73 Å². The third-order valence-corrected chi connectivity index (χ3v) is 2.05. The molecule has 1 heterocycles. The van der Waals surface area contributed by atoms with Crippen molar-refractivity contribution in [1.29, 1.82) is 0 Å². The van der Waals surface area contributed by atoms with Crippen LogP contribution in [0, 0.1) is 11.8 Å². The summed E-state index contributed by atoms with van der Waals surface area (Å²) in [6.45, 7) is 0. The average molecular weight is 230 g/mol. The number of hydrogen-bond acceptors (Lipinski definition) is 3. The van der Waals surface area contributed by atoms with Crippen molar-refractivity contribution in [3.63, 3.8) is 0 Å². The van der Waals surface area contributed by atoms with E-state index in [1.165, 1.54) is 6.20 Å². The first kappa shape index (κ1) is 10.5. The Bertz CT molecular complexity index is 555. The standard InChI is InChI=1S/C12H8ClN3/c13-11-8-15-10(12(14)16-11)7-6-9-4-2-1-3-5-9/h1-5,8H,(H2,14,16). The Morgan fingerprint density at radius 3 is 2.56 bits per heavy atom. The van der Waals surface area contributed by atoms with Crippen LogP contribution in [0.3, 0.4) is 0 Å². The Balaban J connectivity index is 2.31. The minimum Gasteiger partial charge on any atom is -0.381 e. The van der Waals surface area contributed by atoms with Crippen LogP contribution >= 0.6 is 11.6 Å². The van der Waals surface area contributed by atoms with Crippen LogP contribution in [0.5, 0.6) is 0 Å². The molecule has 0 aliphatic heterocycles. The molecule has 0 radical (unpaired) electrons. The van der Waals surface area contributed by atoms with Gasteiger partial charge in [-0.1, -0.05) is 35.7 Å². The molecular formula is C12H8ClN3. The van der Waals surface area contributed by atoms with Crippen molar-refractivity contribution in [2.24, 2.45) is 0 Å². The topological polar surface area (TPSA) is 51.8 Å². The average Bonchev–Trinajstić information content (AvgIpc) is 2.29. The highest BCUT2D eigenvalue weighted by Gasteiger charge is 1.99. The van der Waals surface area contributed by atoms with E-state index in [1.54, 1.807) is 0 Å². The number of anilines is 1. The van der Waals surface area contributed by atoms with Crippen LogP contribution in [0.4, 0.5) is 5.82 Å².